The molecule has 5 nitrogen and oxygen atoms in total. The summed E-state index contributed by atoms with van der Waals surface area (Å²) in [5.74, 6) is -1.54. The molecule has 0 saturated carbocycles. The molecule has 2 aromatic rings. The van der Waals surface area contributed by atoms with Gasteiger partial charge in [-0.3, -0.25) is 9.59 Å². The summed E-state index contributed by atoms with van der Waals surface area (Å²) in [7, 11) is 0. The molecule has 0 bridgehead atoms. The van der Waals surface area contributed by atoms with Crippen LogP contribution in [0.5, 0.6) is 0 Å². The predicted octanol–water partition coefficient (Wildman–Crippen LogP) is 4.01. The average Bonchev–Trinajstić information content (AvgIpc) is 2.97. The SMILES string of the molecule is Cc1ccc(N2CC(C(=O)Nc3cc(Cl)c(N)c(Cl)c3)CC2=O)cc1F. The molecule has 3 rings (SSSR count). The second-order valence-electron chi connectivity index (χ2n) is 6.18. The van der Waals surface area contributed by atoms with Crippen molar-refractivity contribution in [2.45, 2.75) is 13.3 Å². The third-order valence-electron chi connectivity index (χ3n) is 4.31. The first-order chi connectivity index (χ1) is 12.3. The van der Waals surface area contributed by atoms with Crippen LogP contribution >= 0.6 is 23.2 Å². The lowest BCUT2D eigenvalue weighted by Crippen LogP contribution is -2.28. The number of hydrogen-bond acceptors (Lipinski definition) is 3. The second-order valence-corrected chi connectivity index (χ2v) is 7.00. The summed E-state index contributed by atoms with van der Waals surface area (Å²) in [6.45, 7) is 1.81. The normalized spacial score (nSPS) is 16.8. The first-order valence-corrected chi connectivity index (χ1v) is 8.63. The van der Waals surface area contributed by atoms with Gasteiger partial charge in [0, 0.05) is 24.3 Å². The van der Waals surface area contributed by atoms with Crippen LogP contribution in [-0.4, -0.2) is 18.4 Å². The zero-order valence-corrected chi connectivity index (χ0v) is 15.4. The lowest BCUT2D eigenvalue weighted by atomic mass is 10.1. The average molecular weight is 396 g/mol. The Morgan fingerprint density at radius 2 is 1.92 bits per heavy atom. The van der Waals surface area contributed by atoms with Crippen LogP contribution in [0.25, 0.3) is 0 Å². The summed E-state index contributed by atoms with van der Waals surface area (Å²) in [5.41, 5.74) is 7.22. The van der Waals surface area contributed by atoms with Crippen LogP contribution in [0.15, 0.2) is 30.3 Å². The smallest absolute Gasteiger partial charge is 0.229 e. The Kier molecular flexibility index (Phi) is 5.07. The van der Waals surface area contributed by atoms with Gasteiger partial charge in [-0.15, -0.1) is 0 Å². The van der Waals surface area contributed by atoms with Crippen LogP contribution in [0.1, 0.15) is 12.0 Å². The topological polar surface area (TPSA) is 75.4 Å². The van der Waals surface area contributed by atoms with Crippen molar-refractivity contribution in [3.05, 3.63) is 51.8 Å². The zero-order chi connectivity index (χ0) is 19.0. The number of nitrogens with zero attached hydrogens (tertiary/aromatic N) is 1. The Labute approximate surface area is 159 Å². The summed E-state index contributed by atoms with van der Waals surface area (Å²) in [6, 6.07) is 7.54. The van der Waals surface area contributed by atoms with Gasteiger partial charge in [0.1, 0.15) is 5.82 Å². The Morgan fingerprint density at radius 3 is 2.54 bits per heavy atom. The third-order valence-corrected chi connectivity index (χ3v) is 4.93. The predicted molar refractivity (Wildman–Crippen MR) is 101 cm³/mol. The largest absolute Gasteiger partial charge is 0.396 e. The fraction of sp³-hybridized carbons (Fsp3) is 0.222. The van der Waals surface area contributed by atoms with Gasteiger partial charge in [0.05, 0.1) is 21.7 Å². The van der Waals surface area contributed by atoms with Gasteiger partial charge in [0.2, 0.25) is 11.8 Å². The molecule has 0 spiro atoms. The molecule has 1 aliphatic heterocycles. The van der Waals surface area contributed by atoms with E-state index < -0.39 is 11.7 Å². The maximum absolute atomic E-state index is 13.8. The molecule has 1 heterocycles. The summed E-state index contributed by atoms with van der Waals surface area (Å²) < 4.78 is 13.8. The number of nitrogens with one attached hydrogen (secondary N) is 1. The molecule has 8 heteroatoms. The maximum Gasteiger partial charge on any atom is 0.229 e. The van der Waals surface area contributed by atoms with Gasteiger partial charge in [-0.25, -0.2) is 4.39 Å². The fourth-order valence-electron chi connectivity index (χ4n) is 2.78. The van der Waals surface area contributed by atoms with E-state index in [-0.39, 0.29) is 40.5 Å². The number of halogens is 3. The van der Waals surface area contributed by atoms with Gasteiger partial charge in [-0.2, -0.15) is 0 Å². The van der Waals surface area contributed by atoms with Crippen molar-refractivity contribution in [2.24, 2.45) is 5.92 Å². The highest BCUT2D eigenvalue weighted by Gasteiger charge is 2.35. The van der Waals surface area contributed by atoms with E-state index in [2.05, 4.69) is 5.32 Å². The monoisotopic (exact) mass is 395 g/mol. The van der Waals surface area contributed by atoms with Crippen LogP contribution in [0.3, 0.4) is 0 Å². The van der Waals surface area contributed by atoms with Crippen LogP contribution in [0.2, 0.25) is 10.0 Å². The van der Waals surface area contributed by atoms with Gasteiger partial charge in [-0.1, -0.05) is 29.3 Å². The van der Waals surface area contributed by atoms with Crippen molar-refractivity contribution < 1.29 is 14.0 Å². The minimum atomic E-state index is -0.568. The summed E-state index contributed by atoms with van der Waals surface area (Å²) in [6.07, 6.45) is 0.0394. The number of hydrogen-bond donors (Lipinski definition) is 2. The minimum Gasteiger partial charge on any atom is -0.396 e. The van der Waals surface area contributed by atoms with E-state index in [9.17, 15) is 14.0 Å². The van der Waals surface area contributed by atoms with E-state index in [4.69, 9.17) is 28.9 Å². The quantitative estimate of drug-likeness (QED) is 0.770. The van der Waals surface area contributed by atoms with Crippen molar-refractivity contribution >= 4 is 52.1 Å². The van der Waals surface area contributed by atoms with Crippen LogP contribution < -0.4 is 16.0 Å². The molecule has 136 valence electrons. The van der Waals surface area contributed by atoms with Crippen molar-refractivity contribution in [1.82, 2.24) is 0 Å². The van der Waals surface area contributed by atoms with E-state index in [1.54, 1.807) is 19.1 Å². The van der Waals surface area contributed by atoms with Crippen LogP contribution in [0.4, 0.5) is 21.5 Å². The van der Waals surface area contributed by atoms with E-state index in [1.807, 2.05) is 0 Å². The maximum atomic E-state index is 13.8. The number of aryl methyl sites for hydroxylation is 1. The molecule has 1 saturated heterocycles. The van der Waals surface area contributed by atoms with Gasteiger partial charge in [-0.05, 0) is 36.8 Å². The highest BCUT2D eigenvalue weighted by Crippen LogP contribution is 2.32. The van der Waals surface area contributed by atoms with E-state index >= 15 is 0 Å². The van der Waals surface area contributed by atoms with Crippen molar-refractivity contribution in [3.8, 4) is 0 Å². The van der Waals surface area contributed by atoms with E-state index in [0.717, 1.165) is 0 Å². The standard InChI is InChI=1S/C18H16Cl2FN3O2/c1-9-2-3-12(7-15(9)21)24-8-10(4-16(24)25)18(26)23-11-5-13(19)17(22)14(20)6-11/h2-3,5-7,10H,4,8,22H2,1H3,(H,23,26). The number of rotatable bonds is 3. The number of carbonyl (C=O) groups is 2. The van der Waals surface area contributed by atoms with Gasteiger partial charge >= 0.3 is 0 Å². The Balaban J connectivity index is 1.73. The Bertz CT molecular complexity index is 881. The molecule has 3 N–H and O–H groups in total. The third kappa shape index (κ3) is 3.61. The number of nitrogens with two attached hydrogens (primary N) is 1. The molecule has 0 aliphatic carbocycles. The van der Waals surface area contributed by atoms with E-state index in [0.29, 0.717) is 16.9 Å². The molecule has 2 aromatic carbocycles. The molecule has 26 heavy (non-hydrogen) atoms. The van der Waals surface area contributed by atoms with Crippen molar-refractivity contribution in [3.63, 3.8) is 0 Å². The highest BCUT2D eigenvalue weighted by atomic mass is 35.5. The van der Waals surface area contributed by atoms with Gasteiger partial charge in [0.25, 0.3) is 0 Å². The lowest BCUT2D eigenvalue weighted by Gasteiger charge is -2.17. The number of anilines is 3. The Hall–Kier alpha value is -2.31. The molecular weight excluding hydrogens is 380 g/mol. The zero-order valence-electron chi connectivity index (χ0n) is 13.9. The number of benzene rings is 2. The molecule has 2 amide bonds. The molecule has 1 fully saturated rings. The molecule has 0 radical (unpaired) electrons. The number of amides is 2. The van der Waals surface area contributed by atoms with Gasteiger partial charge in [0.15, 0.2) is 0 Å². The molecular formula is C18H16Cl2FN3O2. The number of carbonyl (C=O) groups excluding carboxylic acids is 2. The van der Waals surface area contributed by atoms with Gasteiger partial charge < -0.3 is 16.0 Å². The molecule has 1 unspecified atom stereocenters. The highest BCUT2D eigenvalue weighted by molar-refractivity contribution is 6.39. The molecule has 0 aromatic heterocycles. The van der Waals surface area contributed by atoms with Crippen LogP contribution in [0, 0.1) is 18.7 Å². The Morgan fingerprint density at radius 1 is 1.27 bits per heavy atom. The minimum absolute atomic E-state index is 0.0394. The molecule has 1 atom stereocenters. The van der Waals surface area contributed by atoms with E-state index in [1.165, 1.54) is 23.1 Å². The van der Waals surface area contributed by atoms with Crippen molar-refractivity contribution in [1.29, 1.82) is 0 Å². The first-order valence-electron chi connectivity index (χ1n) is 7.88. The van der Waals surface area contributed by atoms with Crippen LogP contribution in [-0.2, 0) is 9.59 Å². The molecule has 1 aliphatic rings. The number of nitrogen functional groups attached to an aromatic ring is 1. The fourth-order valence-corrected chi connectivity index (χ4v) is 3.27. The summed E-state index contributed by atoms with van der Waals surface area (Å²) in [5, 5.41) is 3.15. The van der Waals surface area contributed by atoms with Crippen molar-refractivity contribution in [2.75, 3.05) is 22.5 Å². The first kappa shape index (κ1) is 18.5. The lowest BCUT2D eigenvalue weighted by molar-refractivity contribution is -0.122. The summed E-state index contributed by atoms with van der Waals surface area (Å²) >= 11 is 11.9. The second kappa shape index (κ2) is 7.13. The summed E-state index contributed by atoms with van der Waals surface area (Å²) in [4.78, 5) is 26.2.